The number of nitrogens with one attached hydrogen (secondary N) is 1. The zero-order valence-corrected chi connectivity index (χ0v) is 11.7. The molecule has 0 atom stereocenters. The molecule has 0 saturated heterocycles. The minimum atomic E-state index is -4.72. The lowest BCUT2D eigenvalue weighted by Gasteiger charge is -2.08. The van der Waals surface area contributed by atoms with E-state index in [0.29, 0.717) is 11.6 Å². The zero-order valence-electron chi connectivity index (χ0n) is 10.9. The second kappa shape index (κ2) is 5.32. The van der Waals surface area contributed by atoms with Gasteiger partial charge in [0.1, 0.15) is 10.6 Å². The van der Waals surface area contributed by atoms with Crippen molar-refractivity contribution in [1.29, 1.82) is 0 Å². The molecule has 0 amide bonds. The van der Waals surface area contributed by atoms with E-state index in [2.05, 4.69) is 9.72 Å². The third-order valence-corrected chi connectivity index (χ3v) is 3.73. The fourth-order valence-corrected chi connectivity index (χ4v) is 2.72. The van der Waals surface area contributed by atoms with Crippen molar-refractivity contribution in [3.63, 3.8) is 0 Å². The average molecular weight is 318 g/mol. The molecule has 0 spiro atoms. The van der Waals surface area contributed by atoms with Crippen molar-refractivity contribution < 1.29 is 22.7 Å². The smallest absolute Gasteiger partial charge is 0.431 e. The van der Waals surface area contributed by atoms with E-state index in [0.717, 1.165) is 18.4 Å². The number of halogens is 3. The lowest BCUT2D eigenvalue weighted by molar-refractivity contribution is -0.141. The molecule has 0 bridgehead atoms. The number of carbonyl (C=O) groups excluding carboxylic acids is 1. The van der Waals surface area contributed by atoms with Crippen LogP contribution in [-0.4, -0.2) is 23.0 Å². The zero-order chi connectivity index (χ0) is 15.8. The fraction of sp³-hybridized carbons (Fsp3) is 0.250. The molecule has 0 saturated carbocycles. The Morgan fingerprint density at radius 1 is 1.43 bits per heavy atom. The molecule has 9 heteroatoms. The Balaban J connectivity index is 2.68. The van der Waals surface area contributed by atoms with Crippen LogP contribution in [0.2, 0.25) is 0 Å². The Morgan fingerprint density at radius 3 is 2.67 bits per heavy atom. The number of hydrogen-bond acceptors (Lipinski definition) is 5. The number of aromatic nitrogens is 2. The average Bonchev–Trinajstić information content (AvgIpc) is 2.78. The first kappa shape index (κ1) is 15.2. The summed E-state index contributed by atoms with van der Waals surface area (Å²) in [6.07, 6.45) is -4.72. The van der Waals surface area contributed by atoms with Gasteiger partial charge in [-0.2, -0.15) is 18.2 Å². The van der Waals surface area contributed by atoms with Crippen LogP contribution in [0.15, 0.2) is 16.2 Å². The van der Waals surface area contributed by atoms with Gasteiger partial charge in [-0.1, -0.05) is 0 Å². The van der Waals surface area contributed by atoms with E-state index in [-0.39, 0.29) is 16.1 Å². The third-order valence-electron chi connectivity index (χ3n) is 2.65. The van der Waals surface area contributed by atoms with Gasteiger partial charge in [0.2, 0.25) is 0 Å². The van der Waals surface area contributed by atoms with Gasteiger partial charge in [0.25, 0.3) is 0 Å². The Kier molecular flexibility index (Phi) is 3.86. The quantitative estimate of drug-likeness (QED) is 0.864. The molecule has 2 rings (SSSR count). The van der Waals surface area contributed by atoms with Crippen LogP contribution in [0.5, 0.6) is 0 Å². The van der Waals surface area contributed by atoms with E-state index < -0.39 is 23.5 Å². The summed E-state index contributed by atoms with van der Waals surface area (Å²) in [6, 6.07) is 0.697. The van der Waals surface area contributed by atoms with Gasteiger partial charge in [-0.3, -0.25) is 0 Å². The van der Waals surface area contributed by atoms with Crippen LogP contribution >= 0.6 is 11.3 Å². The molecule has 0 radical (unpaired) electrons. The van der Waals surface area contributed by atoms with Gasteiger partial charge in [-0.15, -0.1) is 11.3 Å². The summed E-state index contributed by atoms with van der Waals surface area (Å²) in [4.78, 5) is 28.2. The van der Waals surface area contributed by atoms with Crippen LogP contribution in [0, 0.1) is 6.92 Å². The van der Waals surface area contributed by atoms with Crippen molar-refractivity contribution in [2.75, 3.05) is 7.11 Å². The molecule has 2 heterocycles. The molecule has 0 fully saturated rings. The number of alkyl halides is 3. The van der Waals surface area contributed by atoms with E-state index in [1.807, 2.05) is 0 Å². The van der Waals surface area contributed by atoms with Crippen molar-refractivity contribution in [2.45, 2.75) is 13.1 Å². The maximum absolute atomic E-state index is 12.7. The Bertz CT molecular complexity index is 749. The Hall–Kier alpha value is -2.16. The van der Waals surface area contributed by atoms with Gasteiger partial charge in [0.05, 0.1) is 12.8 Å². The molecule has 0 unspecified atom stereocenters. The number of rotatable bonds is 2. The van der Waals surface area contributed by atoms with Crippen LogP contribution in [-0.2, 0) is 10.9 Å². The largest absolute Gasteiger partial charge is 0.465 e. The maximum atomic E-state index is 12.7. The summed E-state index contributed by atoms with van der Waals surface area (Å²) in [5, 5.41) is 1.58. The topological polar surface area (TPSA) is 72.1 Å². The van der Waals surface area contributed by atoms with Crippen molar-refractivity contribution in [1.82, 2.24) is 9.97 Å². The molecule has 5 nitrogen and oxygen atoms in total. The standard InChI is InChI=1S/C12H9F3N2O3S/c1-5-4-21-9(10(18)20-2)8(5)6-3-7(12(13,14)15)17-11(19)16-6/h3-4H,1-2H3,(H,16,17,19). The van der Waals surface area contributed by atoms with E-state index in [1.54, 1.807) is 17.3 Å². The number of aryl methyl sites for hydroxylation is 1. The Morgan fingerprint density at radius 2 is 2.10 bits per heavy atom. The number of thiophene rings is 1. The molecule has 0 aliphatic rings. The highest BCUT2D eigenvalue weighted by Gasteiger charge is 2.33. The molecular formula is C12H9F3N2O3S. The van der Waals surface area contributed by atoms with Crippen molar-refractivity contribution in [2.24, 2.45) is 0 Å². The number of nitrogens with zero attached hydrogens (tertiary/aromatic N) is 1. The first-order valence-electron chi connectivity index (χ1n) is 5.59. The van der Waals surface area contributed by atoms with Crippen LogP contribution in [0.1, 0.15) is 20.9 Å². The molecule has 2 aromatic rings. The molecule has 1 N–H and O–H groups in total. The number of hydrogen-bond donors (Lipinski definition) is 1. The van der Waals surface area contributed by atoms with Crippen molar-refractivity contribution in [3.8, 4) is 11.3 Å². The normalized spacial score (nSPS) is 11.5. The molecule has 0 aliphatic heterocycles. The second-order valence-corrected chi connectivity index (χ2v) is 4.98. The van der Waals surface area contributed by atoms with Gasteiger partial charge in [-0.25, -0.2) is 9.59 Å². The second-order valence-electron chi connectivity index (χ2n) is 4.10. The van der Waals surface area contributed by atoms with Gasteiger partial charge in [-0.05, 0) is 23.9 Å². The highest BCUT2D eigenvalue weighted by molar-refractivity contribution is 7.12. The van der Waals surface area contributed by atoms with Crippen LogP contribution < -0.4 is 5.69 Å². The summed E-state index contributed by atoms with van der Waals surface area (Å²) in [5.74, 6) is -0.696. The lowest BCUT2D eigenvalue weighted by Crippen LogP contribution is -2.19. The van der Waals surface area contributed by atoms with Crippen LogP contribution in [0.4, 0.5) is 13.2 Å². The SMILES string of the molecule is COC(=O)c1scc(C)c1-c1cc(C(F)(F)F)[nH]c(=O)n1. The minimum Gasteiger partial charge on any atom is -0.465 e. The summed E-state index contributed by atoms with van der Waals surface area (Å²) in [5.41, 5.74) is -1.87. The van der Waals surface area contributed by atoms with Gasteiger partial charge >= 0.3 is 17.8 Å². The molecule has 0 aromatic carbocycles. The first-order valence-corrected chi connectivity index (χ1v) is 6.47. The summed E-state index contributed by atoms with van der Waals surface area (Å²) >= 11 is 1.01. The van der Waals surface area contributed by atoms with Crippen LogP contribution in [0.25, 0.3) is 11.3 Å². The molecular weight excluding hydrogens is 309 g/mol. The minimum absolute atomic E-state index is 0.0984. The van der Waals surface area contributed by atoms with Gasteiger partial charge in [0.15, 0.2) is 0 Å². The number of aromatic amines is 1. The van der Waals surface area contributed by atoms with Gasteiger partial charge < -0.3 is 9.72 Å². The van der Waals surface area contributed by atoms with E-state index in [4.69, 9.17) is 0 Å². The number of esters is 1. The van der Waals surface area contributed by atoms with Crippen molar-refractivity contribution >= 4 is 17.3 Å². The number of carbonyl (C=O) groups is 1. The number of ether oxygens (including phenoxy) is 1. The third kappa shape index (κ3) is 2.97. The summed E-state index contributed by atoms with van der Waals surface area (Å²) in [7, 11) is 1.16. The predicted molar refractivity (Wildman–Crippen MR) is 69.2 cm³/mol. The van der Waals surface area contributed by atoms with Crippen molar-refractivity contribution in [3.05, 3.63) is 38.1 Å². The number of methoxy groups -OCH3 is 1. The molecule has 0 aliphatic carbocycles. The lowest BCUT2D eigenvalue weighted by atomic mass is 10.1. The fourth-order valence-electron chi connectivity index (χ4n) is 1.74. The summed E-state index contributed by atoms with van der Waals surface area (Å²) in [6.45, 7) is 1.61. The summed E-state index contributed by atoms with van der Waals surface area (Å²) < 4.78 is 42.8. The van der Waals surface area contributed by atoms with E-state index >= 15 is 0 Å². The van der Waals surface area contributed by atoms with E-state index in [1.165, 1.54) is 0 Å². The molecule has 21 heavy (non-hydrogen) atoms. The number of H-pyrrole nitrogens is 1. The monoisotopic (exact) mass is 318 g/mol. The Labute approximate surface area is 120 Å². The highest BCUT2D eigenvalue weighted by Crippen LogP contribution is 2.34. The highest BCUT2D eigenvalue weighted by atomic mass is 32.1. The predicted octanol–water partition coefficient (Wildman–Crippen LogP) is 2.61. The molecule has 112 valence electrons. The first-order chi connectivity index (χ1) is 9.74. The van der Waals surface area contributed by atoms with Crippen LogP contribution in [0.3, 0.4) is 0 Å². The van der Waals surface area contributed by atoms with Gasteiger partial charge in [0, 0.05) is 5.56 Å². The van der Waals surface area contributed by atoms with E-state index in [9.17, 15) is 22.8 Å². The molecule has 2 aromatic heterocycles. The maximum Gasteiger partial charge on any atom is 0.431 e.